The summed E-state index contributed by atoms with van der Waals surface area (Å²) < 4.78 is 0. The van der Waals surface area contributed by atoms with Crippen molar-refractivity contribution in [1.82, 2.24) is 15.1 Å². The Kier molecular flexibility index (Phi) is 5.97. The summed E-state index contributed by atoms with van der Waals surface area (Å²) in [5.74, 6) is 1.13. The molecule has 0 spiro atoms. The van der Waals surface area contributed by atoms with Crippen molar-refractivity contribution in [1.29, 1.82) is 0 Å². The van der Waals surface area contributed by atoms with Crippen molar-refractivity contribution in [2.45, 2.75) is 12.8 Å². The Hall–Kier alpha value is -0.950. The highest BCUT2D eigenvalue weighted by Gasteiger charge is 2.27. The third-order valence-corrected chi connectivity index (χ3v) is 4.81. The van der Waals surface area contributed by atoms with Crippen molar-refractivity contribution in [3.05, 3.63) is 0 Å². The summed E-state index contributed by atoms with van der Waals surface area (Å²) >= 11 is 1.97. The molecular weight excluding hydrogens is 278 g/mol. The van der Waals surface area contributed by atoms with Gasteiger partial charge in [0.1, 0.15) is 0 Å². The van der Waals surface area contributed by atoms with Crippen LogP contribution in [0.25, 0.3) is 0 Å². The molecule has 2 fully saturated rings. The first kappa shape index (κ1) is 15.4. The van der Waals surface area contributed by atoms with Crippen LogP contribution in [0.15, 0.2) is 0 Å². The molecule has 0 aromatic rings. The first-order valence-electron chi connectivity index (χ1n) is 7.22. The van der Waals surface area contributed by atoms with Gasteiger partial charge < -0.3 is 15.3 Å². The number of carbonyl (C=O) groups is 2. The molecule has 0 aromatic carbocycles. The van der Waals surface area contributed by atoms with Gasteiger partial charge in [-0.3, -0.25) is 9.69 Å². The lowest BCUT2D eigenvalue weighted by Crippen LogP contribution is -2.48. The van der Waals surface area contributed by atoms with E-state index in [4.69, 9.17) is 5.11 Å². The van der Waals surface area contributed by atoms with Gasteiger partial charge in [0.25, 0.3) is 0 Å². The van der Waals surface area contributed by atoms with Gasteiger partial charge in [0, 0.05) is 50.8 Å². The molecule has 6 nitrogen and oxygen atoms in total. The normalized spacial score (nSPS) is 24.4. The predicted octanol–water partition coefficient (Wildman–Crippen LogP) is 0.541. The molecule has 7 heteroatoms. The first-order chi connectivity index (χ1) is 9.66. The van der Waals surface area contributed by atoms with Crippen LogP contribution in [0, 0.1) is 5.92 Å². The number of nitrogens with zero attached hydrogens (tertiary/aromatic N) is 2. The molecule has 2 saturated heterocycles. The molecule has 0 unspecified atom stereocenters. The third kappa shape index (κ3) is 4.56. The van der Waals surface area contributed by atoms with Crippen LogP contribution in [0.1, 0.15) is 12.8 Å². The molecule has 0 aliphatic carbocycles. The maximum Gasteiger partial charge on any atom is 0.317 e. The minimum absolute atomic E-state index is 0.123. The van der Waals surface area contributed by atoms with Crippen molar-refractivity contribution in [3.63, 3.8) is 0 Å². The molecule has 2 aliphatic heterocycles. The molecule has 0 aromatic heterocycles. The Balaban J connectivity index is 1.67. The second-order valence-corrected chi connectivity index (χ2v) is 6.53. The average molecular weight is 301 g/mol. The lowest BCUT2D eigenvalue weighted by molar-refractivity contribution is -0.143. The lowest BCUT2D eigenvalue weighted by atomic mass is 9.99. The number of likely N-dealkylation sites (tertiary alicyclic amines) is 1. The highest BCUT2D eigenvalue weighted by Crippen LogP contribution is 2.16. The summed E-state index contributed by atoms with van der Waals surface area (Å²) in [7, 11) is 0. The molecule has 2 N–H and O–H groups in total. The molecule has 0 radical (unpaired) electrons. The highest BCUT2D eigenvalue weighted by atomic mass is 32.2. The van der Waals surface area contributed by atoms with E-state index < -0.39 is 11.9 Å². The first-order valence-corrected chi connectivity index (χ1v) is 8.38. The SMILES string of the molecule is O=C(O)[C@H]1CCCN(C(=O)NCCN2CCSCC2)C1. The number of hydrogen-bond acceptors (Lipinski definition) is 4. The van der Waals surface area contributed by atoms with E-state index in [1.54, 1.807) is 4.90 Å². The van der Waals surface area contributed by atoms with Crippen molar-refractivity contribution in [2.24, 2.45) is 5.92 Å². The minimum atomic E-state index is -0.798. The van der Waals surface area contributed by atoms with Crippen molar-refractivity contribution in [2.75, 3.05) is 50.8 Å². The van der Waals surface area contributed by atoms with E-state index in [9.17, 15) is 9.59 Å². The molecule has 2 rings (SSSR count). The zero-order chi connectivity index (χ0) is 14.4. The van der Waals surface area contributed by atoms with Crippen molar-refractivity contribution >= 4 is 23.8 Å². The summed E-state index contributed by atoms with van der Waals surface area (Å²) in [6, 6.07) is -0.123. The number of carboxylic acids is 1. The van der Waals surface area contributed by atoms with Gasteiger partial charge >= 0.3 is 12.0 Å². The van der Waals surface area contributed by atoms with Crippen molar-refractivity contribution < 1.29 is 14.7 Å². The minimum Gasteiger partial charge on any atom is -0.481 e. The largest absolute Gasteiger partial charge is 0.481 e. The quantitative estimate of drug-likeness (QED) is 0.793. The Labute approximate surface area is 123 Å². The zero-order valence-corrected chi connectivity index (χ0v) is 12.5. The maximum atomic E-state index is 12.0. The number of aliphatic carboxylic acids is 1. The number of carboxylic acid groups (broad SMARTS) is 1. The maximum absolute atomic E-state index is 12.0. The van der Waals surface area contributed by atoms with Crippen LogP contribution in [0.3, 0.4) is 0 Å². The van der Waals surface area contributed by atoms with Crippen LogP contribution in [0.2, 0.25) is 0 Å². The molecule has 2 amide bonds. The topological polar surface area (TPSA) is 72.9 Å². The number of carbonyl (C=O) groups excluding carboxylic acids is 1. The van der Waals surface area contributed by atoms with Gasteiger partial charge in [-0.15, -0.1) is 0 Å². The summed E-state index contributed by atoms with van der Waals surface area (Å²) in [6.45, 7) is 4.69. The Morgan fingerprint density at radius 3 is 2.70 bits per heavy atom. The molecule has 114 valence electrons. The Bertz CT molecular complexity index is 348. The van der Waals surface area contributed by atoms with Crippen LogP contribution in [0.5, 0.6) is 0 Å². The molecule has 2 aliphatic rings. The monoisotopic (exact) mass is 301 g/mol. The zero-order valence-electron chi connectivity index (χ0n) is 11.7. The van der Waals surface area contributed by atoms with Gasteiger partial charge in [-0.25, -0.2) is 4.79 Å². The van der Waals surface area contributed by atoms with Crippen LogP contribution < -0.4 is 5.32 Å². The van der Waals surface area contributed by atoms with E-state index in [-0.39, 0.29) is 6.03 Å². The molecule has 0 saturated carbocycles. The Morgan fingerprint density at radius 1 is 1.25 bits per heavy atom. The van der Waals surface area contributed by atoms with E-state index in [1.165, 1.54) is 11.5 Å². The number of thioether (sulfide) groups is 1. The van der Waals surface area contributed by atoms with Crippen LogP contribution in [-0.4, -0.2) is 77.7 Å². The average Bonchev–Trinajstić information content (AvgIpc) is 2.48. The van der Waals surface area contributed by atoms with Gasteiger partial charge in [0.05, 0.1) is 5.92 Å². The number of nitrogens with one attached hydrogen (secondary N) is 1. The van der Waals surface area contributed by atoms with Gasteiger partial charge in [-0.1, -0.05) is 0 Å². The number of hydrogen-bond donors (Lipinski definition) is 2. The molecular formula is C13H23N3O3S. The van der Waals surface area contributed by atoms with Crippen LogP contribution >= 0.6 is 11.8 Å². The fraction of sp³-hybridized carbons (Fsp3) is 0.846. The van der Waals surface area contributed by atoms with E-state index in [2.05, 4.69) is 10.2 Å². The van der Waals surface area contributed by atoms with E-state index in [1.807, 2.05) is 11.8 Å². The van der Waals surface area contributed by atoms with E-state index in [0.29, 0.717) is 26.1 Å². The van der Waals surface area contributed by atoms with Gasteiger partial charge in [-0.2, -0.15) is 11.8 Å². The van der Waals surface area contributed by atoms with Crippen LogP contribution in [-0.2, 0) is 4.79 Å². The summed E-state index contributed by atoms with van der Waals surface area (Å²) in [4.78, 5) is 27.0. The number of rotatable bonds is 4. The summed E-state index contributed by atoms with van der Waals surface area (Å²) in [6.07, 6.45) is 1.44. The van der Waals surface area contributed by atoms with E-state index >= 15 is 0 Å². The predicted molar refractivity (Wildman–Crippen MR) is 79.1 cm³/mol. The number of urea groups is 1. The van der Waals surface area contributed by atoms with Gasteiger partial charge in [0.2, 0.25) is 0 Å². The number of amides is 2. The standard InChI is InChI=1S/C13H23N3O3S/c17-12(18)11-2-1-4-16(10-11)13(19)14-3-5-15-6-8-20-9-7-15/h11H,1-10H2,(H,14,19)(H,17,18)/t11-/m0/s1. The second kappa shape index (κ2) is 7.73. The van der Waals surface area contributed by atoms with Crippen LogP contribution in [0.4, 0.5) is 4.79 Å². The summed E-state index contributed by atoms with van der Waals surface area (Å²) in [5.41, 5.74) is 0. The fourth-order valence-corrected chi connectivity index (χ4v) is 3.60. The fourth-order valence-electron chi connectivity index (χ4n) is 2.62. The van der Waals surface area contributed by atoms with E-state index in [0.717, 1.165) is 26.1 Å². The molecule has 1 atom stereocenters. The van der Waals surface area contributed by atoms with Gasteiger partial charge in [0.15, 0.2) is 0 Å². The number of piperidine rings is 1. The Morgan fingerprint density at radius 2 is 2.00 bits per heavy atom. The summed E-state index contributed by atoms with van der Waals surface area (Å²) in [5, 5.41) is 11.9. The third-order valence-electron chi connectivity index (χ3n) is 3.87. The molecule has 20 heavy (non-hydrogen) atoms. The second-order valence-electron chi connectivity index (χ2n) is 5.31. The molecule has 2 heterocycles. The lowest BCUT2D eigenvalue weighted by Gasteiger charge is -2.31. The smallest absolute Gasteiger partial charge is 0.317 e. The molecule has 0 bridgehead atoms. The highest BCUT2D eigenvalue weighted by molar-refractivity contribution is 7.99. The van der Waals surface area contributed by atoms with Gasteiger partial charge in [-0.05, 0) is 12.8 Å². The van der Waals surface area contributed by atoms with Crippen molar-refractivity contribution in [3.8, 4) is 0 Å².